The van der Waals surface area contributed by atoms with Crippen molar-refractivity contribution in [2.24, 2.45) is 22.7 Å². The highest BCUT2D eigenvalue weighted by atomic mass is 32.1. The fraction of sp³-hybridized carbons (Fsp3) is 0.444. The van der Waals surface area contributed by atoms with Gasteiger partial charge in [0, 0.05) is 37.5 Å². The van der Waals surface area contributed by atoms with Crippen molar-refractivity contribution in [1.29, 1.82) is 0 Å². The molecule has 2 N–H and O–H groups in total. The van der Waals surface area contributed by atoms with E-state index in [1.807, 2.05) is 13.0 Å². The molecule has 0 bridgehead atoms. The lowest BCUT2D eigenvalue weighted by Crippen LogP contribution is -2.50. The molecule has 3 aliphatic rings. The number of carbonyl (C=O) groups excluding carboxylic acids is 1. The predicted octanol–water partition coefficient (Wildman–Crippen LogP) is 1.32. The number of ketones is 1. The highest BCUT2D eigenvalue weighted by molar-refractivity contribution is 7.13. The number of nitrogens with zero attached hydrogens (tertiary/aromatic N) is 4. The van der Waals surface area contributed by atoms with Gasteiger partial charge in [-0.3, -0.25) is 9.69 Å². The Labute approximate surface area is 160 Å². The molecule has 8 nitrogen and oxygen atoms in total. The predicted molar refractivity (Wildman–Crippen MR) is 100 cm³/mol. The third kappa shape index (κ3) is 3.06. The SMILES string of the molecule is CC1C=C(N2CC(CCO)C2)N=C2C1C(=O)C(C(=O)O)=CN2c1nccs1. The average Bonchev–Trinajstić information content (AvgIpc) is 3.11. The standard InChI is InChI=1S/C18H20N4O4S/c1-10-6-13(21-7-11(8-21)2-4-23)20-16-14(10)15(24)12(17(25)26)9-22(16)18-19-3-5-27-18/h3,5-6,9-11,14,23H,2,4,7-8H2,1H3,(H,25,26). The summed E-state index contributed by atoms with van der Waals surface area (Å²) in [5, 5.41) is 20.9. The van der Waals surface area contributed by atoms with Crippen LogP contribution in [0.4, 0.5) is 5.13 Å². The number of fused-ring (bicyclic) bond motifs is 1. The van der Waals surface area contributed by atoms with Gasteiger partial charge in [-0.2, -0.15) is 0 Å². The largest absolute Gasteiger partial charge is 0.478 e. The first-order valence-electron chi connectivity index (χ1n) is 8.84. The lowest BCUT2D eigenvalue weighted by molar-refractivity contribution is -0.135. The number of carboxylic acid groups (broad SMARTS) is 1. The second-order valence-corrected chi connectivity index (χ2v) is 7.88. The van der Waals surface area contributed by atoms with E-state index in [4.69, 9.17) is 10.1 Å². The van der Waals surface area contributed by atoms with Crippen LogP contribution < -0.4 is 4.90 Å². The number of aliphatic imine (C=N–C) groups is 1. The van der Waals surface area contributed by atoms with Crippen molar-refractivity contribution < 1.29 is 19.8 Å². The third-order valence-corrected chi connectivity index (χ3v) is 5.94. The van der Waals surface area contributed by atoms with Crippen LogP contribution in [-0.2, 0) is 9.59 Å². The highest BCUT2D eigenvalue weighted by Crippen LogP contribution is 2.37. The van der Waals surface area contributed by atoms with Gasteiger partial charge in [0.05, 0.1) is 5.92 Å². The molecule has 27 heavy (non-hydrogen) atoms. The van der Waals surface area contributed by atoms with Gasteiger partial charge in [0.1, 0.15) is 17.2 Å². The normalized spacial score (nSPS) is 25.4. The van der Waals surface area contributed by atoms with Gasteiger partial charge in [0.25, 0.3) is 0 Å². The maximum absolute atomic E-state index is 12.8. The Hall–Kier alpha value is -2.52. The molecule has 0 aromatic carbocycles. The van der Waals surface area contributed by atoms with Gasteiger partial charge >= 0.3 is 5.97 Å². The highest BCUT2D eigenvalue weighted by Gasteiger charge is 2.44. The number of anilines is 1. The van der Waals surface area contributed by atoms with Crippen LogP contribution in [0.15, 0.2) is 40.2 Å². The van der Waals surface area contributed by atoms with E-state index < -0.39 is 17.7 Å². The quantitative estimate of drug-likeness (QED) is 0.733. The first-order chi connectivity index (χ1) is 13.0. The maximum atomic E-state index is 12.8. The Kier molecular flexibility index (Phi) is 4.56. The average molecular weight is 388 g/mol. The van der Waals surface area contributed by atoms with Gasteiger partial charge in [-0.1, -0.05) is 6.92 Å². The molecule has 1 fully saturated rings. The number of aromatic nitrogens is 1. The molecule has 1 aromatic heterocycles. The molecule has 2 unspecified atom stereocenters. The monoisotopic (exact) mass is 388 g/mol. The fourth-order valence-electron chi connectivity index (χ4n) is 3.72. The van der Waals surface area contributed by atoms with E-state index in [-0.39, 0.29) is 18.1 Å². The van der Waals surface area contributed by atoms with Crippen LogP contribution >= 0.6 is 11.3 Å². The number of amidine groups is 1. The summed E-state index contributed by atoms with van der Waals surface area (Å²) in [5.41, 5.74) is -0.246. The van der Waals surface area contributed by atoms with Crippen LogP contribution in [0.1, 0.15) is 13.3 Å². The van der Waals surface area contributed by atoms with Crippen molar-refractivity contribution in [2.45, 2.75) is 13.3 Å². The summed E-state index contributed by atoms with van der Waals surface area (Å²) in [7, 11) is 0. The molecule has 2 atom stereocenters. The molecule has 0 spiro atoms. The number of aliphatic hydroxyl groups excluding tert-OH is 1. The fourth-order valence-corrected chi connectivity index (χ4v) is 4.35. The summed E-state index contributed by atoms with van der Waals surface area (Å²) >= 11 is 1.36. The number of carboxylic acids is 1. The zero-order valence-electron chi connectivity index (χ0n) is 14.8. The molecule has 9 heteroatoms. The van der Waals surface area contributed by atoms with Gasteiger partial charge in [-0.15, -0.1) is 11.3 Å². The van der Waals surface area contributed by atoms with Gasteiger partial charge in [-0.05, 0) is 24.3 Å². The van der Waals surface area contributed by atoms with Crippen LogP contribution in [-0.4, -0.2) is 57.4 Å². The van der Waals surface area contributed by atoms with Crippen molar-refractivity contribution >= 4 is 34.1 Å². The molecule has 1 aromatic rings. The molecule has 4 heterocycles. The lowest BCUT2D eigenvalue weighted by atomic mass is 9.81. The van der Waals surface area contributed by atoms with E-state index in [0.717, 1.165) is 25.3 Å². The maximum Gasteiger partial charge on any atom is 0.340 e. The van der Waals surface area contributed by atoms with E-state index in [2.05, 4.69) is 9.88 Å². The molecule has 1 saturated heterocycles. The number of Topliss-reactive ketones (excluding diaryl/α,β-unsaturated/α-hetero) is 1. The van der Waals surface area contributed by atoms with E-state index in [0.29, 0.717) is 16.9 Å². The van der Waals surface area contributed by atoms with Gasteiger partial charge in [0.2, 0.25) is 0 Å². The topological polar surface area (TPSA) is 106 Å². The number of hydrogen-bond donors (Lipinski definition) is 2. The van der Waals surface area contributed by atoms with Crippen LogP contribution in [0.3, 0.4) is 0 Å². The van der Waals surface area contributed by atoms with E-state index in [1.165, 1.54) is 17.5 Å². The second-order valence-electron chi connectivity index (χ2n) is 7.01. The molecule has 4 rings (SSSR count). The van der Waals surface area contributed by atoms with E-state index in [9.17, 15) is 14.7 Å². The summed E-state index contributed by atoms with van der Waals surface area (Å²) in [6, 6.07) is 0. The number of likely N-dealkylation sites (tertiary alicyclic amines) is 1. The Morgan fingerprint density at radius 1 is 1.41 bits per heavy atom. The summed E-state index contributed by atoms with van der Waals surface area (Å²) in [5.74, 6) is -0.702. The number of rotatable bonds is 5. The van der Waals surface area contributed by atoms with Crippen molar-refractivity contribution in [3.63, 3.8) is 0 Å². The zero-order valence-corrected chi connectivity index (χ0v) is 15.6. The minimum absolute atomic E-state index is 0.178. The molecule has 0 saturated carbocycles. The summed E-state index contributed by atoms with van der Waals surface area (Å²) in [6.45, 7) is 3.73. The molecular weight excluding hydrogens is 368 g/mol. The smallest absolute Gasteiger partial charge is 0.340 e. The van der Waals surface area contributed by atoms with Gasteiger partial charge in [0.15, 0.2) is 10.9 Å². The lowest BCUT2D eigenvalue weighted by Gasteiger charge is -2.44. The summed E-state index contributed by atoms with van der Waals surface area (Å²) in [4.78, 5) is 37.1. The number of aliphatic carboxylic acids is 1. The minimum Gasteiger partial charge on any atom is -0.478 e. The van der Waals surface area contributed by atoms with Gasteiger partial charge in [-0.25, -0.2) is 14.8 Å². The number of hydrogen-bond acceptors (Lipinski definition) is 8. The molecule has 0 aliphatic carbocycles. The second kappa shape index (κ2) is 6.90. The van der Waals surface area contributed by atoms with Gasteiger partial charge < -0.3 is 15.1 Å². The van der Waals surface area contributed by atoms with Crippen molar-refractivity contribution in [3.05, 3.63) is 35.2 Å². The first kappa shape index (κ1) is 17.9. The Balaban J connectivity index is 1.70. The molecule has 3 aliphatic heterocycles. The molecule has 142 valence electrons. The zero-order chi connectivity index (χ0) is 19.1. The van der Waals surface area contributed by atoms with Crippen LogP contribution in [0.2, 0.25) is 0 Å². The van der Waals surface area contributed by atoms with E-state index >= 15 is 0 Å². The molecule has 0 radical (unpaired) electrons. The molecular formula is C18H20N4O4S. The minimum atomic E-state index is -1.24. The number of aliphatic hydroxyl groups is 1. The first-order valence-corrected chi connectivity index (χ1v) is 9.71. The Morgan fingerprint density at radius 2 is 2.19 bits per heavy atom. The Bertz CT molecular complexity index is 855. The van der Waals surface area contributed by atoms with Crippen molar-refractivity contribution in [2.75, 3.05) is 24.6 Å². The van der Waals surface area contributed by atoms with E-state index in [1.54, 1.807) is 16.5 Å². The summed E-state index contributed by atoms with van der Waals surface area (Å²) in [6.07, 6.45) is 5.68. The van der Waals surface area contributed by atoms with Crippen LogP contribution in [0.5, 0.6) is 0 Å². The summed E-state index contributed by atoms with van der Waals surface area (Å²) < 4.78 is 0. The Morgan fingerprint density at radius 3 is 2.81 bits per heavy atom. The number of thiazole rings is 1. The van der Waals surface area contributed by atoms with Crippen LogP contribution in [0.25, 0.3) is 0 Å². The molecule has 0 amide bonds. The van der Waals surface area contributed by atoms with Crippen molar-refractivity contribution in [3.8, 4) is 0 Å². The van der Waals surface area contributed by atoms with Crippen LogP contribution in [0, 0.1) is 17.8 Å². The number of allylic oxidation sites excluding steroid dienone is 1. The van der Waals surface area contributed by atoms with Crippen molar-refractivity contribution in [1.82, 2.24) is 9.88 Å². The third-order valence-electron chi connectivity index (χ3n) is 5.17. The number of carbonyl (C=O) groups is 2.